The fraction of sp³-hybridized carbons (Fsp3) is 0.172. The van der Waals surface area contributed by atoms with E-state index in [-0.39, 0.29) is 11.8 Å². The second kappa shape index (κ2) is 8.56. The van der Waals surface area contributed by atoms with Crippen LogP contribution in [0.1, 0.15) is 18.5 Å². The number of nitrogens with zero attached hydrogens (tertiary/aromatic N) is 2. The van der Waals surface area contributed by atoms with E-state index in [0.29, 0.717) is 18.0 Å². The van der Waals surface area contributed by atoms with Crippen LogP contribution in [0.25, 0.3) is 10.8 Å². The first-order valence-electron chi connectivity index (χ1n) is 11.8. The van der Waals surface area contributed by atoms with Crippen molar-refractivity contribution in [2.45, 2.75) is 19.1 Å². The topological polar surface area (TPSA) is 59.1 Å². The zero-order valence-corrected chi connectivity index (χ0v) is 19.2. The molecule has 0 radical (unpaired) electrons. The van der Waals surface area contributed by atoms with Gasteiger partial charge in [-0.3, -0.25) is 14.4 Å². The molecule has 0 saturated carbocycles. The fourth-order valence-corrected chi connectivity index (χ4v) is 5.15. The van der Waals surface area contributed by atoms with Crippen molar-refractivity contribution in [2.24, 2.45) is 5.92 Å². The van der Waals surface area contributed by atoms with E-state index in [4.69, 9.17) is 9.57 Å². The monoisotopic (exact) mass is 464 g/mol. The maximum Gasteiger partial charge on any atom is 0.266 e. The first-order valence-corrected chi connectivity index (χ1v) is 11.8. The normalized spacial score (nSPS) is 21.6. The Labute approximate surface area is 203 Å². The Balaban J connectivity index is 1.45. The zero-order chi connectivity index (χ0) is 23.9. The van der Waals surface area contributed by atoms with Gasteiger partial charge in [-0.25, -0.2) is 9.96 Å². The molecule has 174 valence electrons. The average molecular weight is 465 g/mol. The maximum atomic E-state index is 13.9. The number of para-hydroxylation sites is 1. The smallest absolute Gasteiger partial charge is 0.266 e. The lowest BCUT2D eigenvalue weighted by molar-refractivity contribution is -0.126. The lowest BCUT2D eigenvalue weighted by Crippen LogP contribution is -2.37. The summed E-state index contributed by atoms with van der Waals surface area (Å²) in [4.78, 5) is 35.0. The van der Waals surface area contributed by atoms with Gasteiger partial charge in [-0.2, -0.15) is 0 Å². The minimum Gasteiger partial charge on any atom is -0.494 e. The Bertz CT molecular complexity index is 1400. The molecular formula is C29H24N2O4. The first kappa shape index (κ1) is 21.4. The number of carbonyl (C=O) groups excluding carboxylic acids is 2. The van der Waals surface area contributed by atoms with Crippen LogP contribution in [-0.2, 0) is 14.4 Å². The van der Waals surface area contributed by atoms with E-state index in [1.807, 2.05) is 79.7 Å². The molecule has 2 heterocycles. The second-order valence-electron chi connectivity index (χ2n) is 8.67. The molecule has 4 aromatic carbocycles. The second-order valence-corrected chi connectivity index (χ2v) is 8.67. The zero-order valence-electron chi connectivity index (χ0n) is 19.2. The van der Waals surface area contributed by atoms with Gasteiger partial charge in [0.05, 0.1) is 24.0 Å². The van der Waals surface area contributed by atoms with Crippen LogP contribution >= 0.6 is 0 Å². The molecule has 4 aromatic rings. The number of rotatable bonds is 5. The molecule has 3 atom stereocenters. The molecule has 35 heavy (non-hydrogen) atoms. The van der Waals surface area contributed by atoms with Crippen LogP contribution in [0.3, 0.4) is 0 Å². The predicted octanol–water partition coefficient (Wildman–Crippen LogP) is 5.29. The Morgan fingerprint density at radius 3 is 2.26 bits per heavy atom. The number of carbonyl (C=O) groups is 2. The van der Waals surface area contributed by atoms with E-state index in [0.717, 1.165) is 22.0 Å². The SMILES string of the molecule is CCOc1ccc(N2C(=O)[C@@H]3[C@@H](c4cccc5ccccc45)N(c4ccccc4)O[C@H]3C2=O)cc1. The Morgan fingerprint density at radius 1 is 0.771 bits per heavy atom. The van der Waals surface area contributed by atoms with E-state index in [9.17, 15) is 9.59 Å². The van der Waals surface area contributed by atoms with Crippen LogP contribution < -0.4 is 14.7 Å². The highest BCUT2D eigenvalue weighted by atomic mass is 16.7. The van der Waals surface area contributed by atoms with Gasteiger partial charge in [-0.15, -0.1) is 0 Å². The summed E-state index contributed by atoms with van der Waals surface area (Å²) >= 11 is 0. The number of benzene rings is 4. The summed E-state index contributed by atoms with van der Waals surface area (Å²) in [5.74, 6) is -0.607. The molecule has 0 spiro atoms. The van der Waals surface area contributed by atoms with E-state index in [1.165, 1.54) is 4.90 Å². The minimum absolute atomic E-state index is 0.263. The molecule has 2 aliphatic heterocycles. The Morgan fingerprint density at radius 2 is 1.49 bits per heavy atom. The van der Waals surface area contributed by atoms with Crippen molar-refractivity contribution in [3.05, 3.63) is 103 Å². The third kappa shape index (κ3) is 3.45. The van der Waals surface area contributed by atoms with E-state index in [2.05, 4.69) is 0 Å². The molecule has 6 rings (SSSR count). The van der Waals surface area contributed by atoms with Crippen molar-refractivity contribution < 1.29 is 19.2 Å². The molecule has 0 bridgehead atoms. The summed E-state index contributed by atoms with van der Waals surface area (Å²) in [6, 6.07) is 30.3. The standard InChI is InChI=1S/C29H24N2O4/c1-2-34-22-17-15-20(16-18-22)30-28(32)25-26(24-14-8-10-19-9-6-7-13-23(19)24)31(35-27(25)29(30)33)21-11-4-3-5-12-21/h3-18,25-27H,2H2,1H3/t25-,26-,27-/m1/s1. The van der Waals surface area contributed by atoms with Crippen LogP contribution in [0.15, 0.2) is 97.1 Å². The molecule has 2 amide bonds. The van der Waals surface area contributed by atoms with Crippen LogP contribution in [0.5, 0.6) is 5.75 Å². The third-order valence-corrected chi connectivity index (χ3v) is 6.67. The number of hydrogen-bond donors (Lipinski definition) is 0. The average Bonchev–Trinajstić information content (AvgIpc) is 3.41. The molecule has 2 fully saturated rings. The molecular weight excluding hydrogens is 440 g/mol. The minimum atomic E-state index is -0.904. The first-order chi connectivity index (χ1) is 17.2. The number of anilines is 2. The highest BCUT2D eigenvalue weighted by Gasteiger charge is 2.60. The van der Waals surface area contributed by atoms with Crippen molar-refractivity contribution >= 4 is 34.0 Å². The number of imide groups is 1. The van der Waals surface area contributed by atoms with Crippen LogP contribution in [0.4, 0.5) is 11.4 Å². The number of hydrogen-bond acceptors (Lipinski definition) is 5. The van der Waals surface area contributed by atoms with Gasteiger partial charge in [0.15, 0.2) is 6.10 Å². The van der Waals surface area contributed by atoms with Gasteiger partial charge in [0, 0.05) is 0 Å². The Hall–Kier alpha value is -4.16. The lowest BCUT2D eigenvalue weighted by Gasteiger charge is -2.29. The fourth-order valence-electron chi connectivity index (χ4n) is 5.15. The van der Waals surface area contributed by atoms with Crippen LogP contribution in [0, 0.1) is 5.92 Å². The molecule has 0 aliphatic carbocycles. The number of fused-ring (bicyclic) bond motifs is 2. The molecule has 2 saturated heterocycles. The molecule has 0 aromatic heterocycles. The van der Waals surface area contributed by atoms with E-state index in [1.54, 1.807) is 29.3 Å². The molecule has 6 nitrogen and oxygen atoms in total. The van der Waals surface area contributed by atoms with E-state index < -0.39 is 18.1 Å². The van der Waals surface area contributed by atoms with Crippen LogP contribution in [0.2, 0.25) is 0 Å². The van der Waals surface area contributed by atoms with Gasteiger partial charge in [0.1, 0.15) is 11.7 Å². The van der Waals surface area contributed by atoms with Gasteiger partial charge in [0.2, 0.25) is 5.91 Å². The maximum absolute atomic E-state index is 13.9. The van der Waals surface area contributed by atoms with Crippen molar-refractivity contribution in [1.29, 1.82) is 0 Å². The summed E-state index contributed by atoms with van der Waals surface area (Å²) in [5.41, 5.74) is 2.27. The van der Waals surface area contributed by atoms with Gasteiger partial charge >= 0.3 is 0 Å². The molecule has 2 aliphatic rings. The summed E-state index contributed by atoms with van der Waals surface area (Å²) < 4.78 is 5.51. The summed E-state index contributed by atoms with van der Waals surface area (Å²) in [6.45, 7) is 2.45. The highest BCUT2D eigenvalue weighted by Crippen LogP contribution is 2.48. The quantitative estimate of drug-likeness (QED) is 0.376. The van der Waals surface area contributed by atoms with E-state index >= 15 is 0 Å². The van der Waals surface area contributed by atoms with Gasteiger partial charge in [-0.1, -0.05) is 60.7 Å². The van der Waals surface area contributed by atoms with Crippen LogP contribution in [-0.4, -0.2) is 24.5 Å². The van der Waals surface area contributed by atoms with Crippen molar-refractivity contribution in [1.82, 2.24) is 0 Å². The molecule has 0 N–H and O–H groups in total. The highest BCUT2D eigenvalue weighted by molar-refractivity contribution is 6.24. The third-order valence-electron chi connectivity index (χ3n) is 6.67. The van der Waals surface area contributed by atoms with Crippen molar-refractivity contribution in [3.8, 4) is 5.75 Å². The van der Waals surface area contributed by atoms with Gasteiger partial charge in [-0.05, 0) is 59.7 Å². The molecule has 0 unspecified atom stereocenters. The van der Waals surface area contributed by atoms with Crippen molar-refractivity contribution in [2.75, 3.05) is 16.6 Å². The van der Waals surface area contributed by atoms with Gasteiger partial charge < -0.3 is 4.74 Å². The number of hydroxylamine groups is 1. The predicted molar refractivity (Wildman–Crippen MR) is 134 cm³/mol. The van der Waals surface area contributed by atoms with Crippen molar-refractivity contribution in [3.63, 3.8) is 0 Å². The Kier molecular flexibility index (Phi) is 5.23. The summed E-state index contributed by atoms with van der Waals surface area (Å²) in [5, 5.41) is 3.84. The molecule has 6 heteroatoms. The van der Waals surface area contributed by atoms with Gasteiger partial charge in [0.25, 0.3) is 5.91 Å². The summed E-state index contributed by atoms with van der Waals surface area (Å²) in [7, 11) is 0. The number of ether oxygens (including phenoxy) is 1. The largest absolute Gasteiger partial charge is 0.494 e. The lowest BCUT2D eigenvalue weighted by atomic mass is 9.87. The number of amides is 2. The summed E-state index contributed by atoms with van der Waals surface area (Å²) in [6.07, 6.45) is -0.904.